The van der Waals surface area contributed by atoms with Gasteiger partial charge >= 0.3 is 0 Å². The van der Waals surface area contributed by atoms with Gasteiger partial charge in [0, 0.05) is 12.0 Å². The van der Waals surface area contributed by atoms with Crippen LogP contribution >= 0.6 is 0 Å². The second-order valence-corrected chi connectivity index (χ2v) is 2.97. The fourth-order valence-corrected chi connectivity index (χ4v) is 1.17. The first kappa shape index (κ1) is 12.6. The van der Waals surface area contributed by atoms with E-state index >= 15 is 0 Å². The Bertz CT molecular complexity index is 327. The number of halogens is 1. The molecule has 1 rings (SSSR count). The molecule has 0 aromatic rings. The van der Waals surface area contributed by atoms with Crippen molar-refractivity contribution >= 4 is 0 Å². The highest BCUT2D eigenvalue weighted by Gasteiger charge is 2.06. The molecule has 0 radical (unpaired) electrons. The van der Waals surface area contributed by atoms with Crippen molar-refractivity contribution in [3.05, 3.63) is 34.7 Å². The number of nitrogens with zero attached hydrogens (tertiary/aromatic N) is 1. The number of rotatable bonds is 0. The van der Waals surface area contributed by atoms with Crippen LogP contribution in [0.5, 0.6) is 0 Å². The Morgan fingerprint density at radius 2 is 1.86 bits per heavy atom. The highest BCUT2D eigenvalue weighted by atomic mass is 19.1. The summed E-state index contributed by atoms with van der Waals surface area (Å²) in [5.74, 6) is -0.268. The third kappa shape index (κ3) is 3.57. The molecule has 0 spiro atoms. The van der Waals surface area contributed by atoms with Gasteiger partial charge in [-0.3, -0.25) is 0 Å². The van der Waals surface area contributed by atoms with Gasteiger partial charge in [0.1, 0.15) is 5.83 Å². The van der Waals surface area contributed by atoms with Crippen LogP contribution in [0.1, 0.15) is 34.1 Å². The molecule has 1 aliphatic rings. The lowest BCUT2D eigenvalue weighted by Crippen LogP contribution is -1.83. The first-order valence-corrected chi connectivity index (χ1v) is 4.77. The van der Waals surface area contributed by atoms with Gasteiger partial charge < -0.3 is 0 Å². The Hall–Kier alpha value is -1.36. The van der Waals surface area contributed by atoms with E-state index in [1.54, 1.807) is 6.92 Å². The molecule has 0 atom stereocenters. The van der Waals surface area contributed by atoms with Gasteiger partial charge in [-0.1, -0.05) is 19.4 Å². The minimum Gasteiger partial charge on any atom is -0.207 e. The van der Waals surface area contributed by atoms with Gasteiger partial charge in [0.15, 0.2) is 0 Å². The lowest BCUT2D eigenvalue weighted by atomic mass is 10.1. The molecule has 0 aliphatic heterocycles. The number of nitriles is 1. The lowest BCUT2D eigenvalue weighted by molar-refractivity contribution is 0.665. The Morgan fingerprint density at radius 3 is 2.36 bits per heavy atom. The van der Waals surface area contributed by atoms with Crippen molar-refractivity contribution in [1.29, 1.82) is 5.26 Å². The molecule has 14 heavy (non-hydrogen) atoms. The molecular formula is C12H16FN. The molecular weight excluding hydrogens is 177 g/mol. The molecule has 2 heteroatoms. The normalized spacial score (nSPS) is 15.7. The SMILES string of the molecule is CC.CC1=CC(F)=CC(C)=C(C#N)C1. The van der Waals surface area contributed by atoms with E-state index in [9.17, 15) is 4.39 Å². The van der Waals surface area contributed by atoms with Crippen LogP contribution < -0.4 is 0 Å². The van der Waals surface area contributed by atoms with Crippen molar-refractivity contribution < 1.29 is 4.39 Å². The average molecular weight is 193 g/mol. The zero-order valence-corrected chi connectivity index (χ0v) is 9.19. The second-order valence-electron chi connectivity index (χ2n) is 2.97. The second kappa shape index (κ2) is 6.15. The summed E-state index contributed by atoms with van der Waals surface area (Å²) in [6.07, 6.45) is 3.43. The number of hydrogen-bond donors (Lipinski definition) is 0. The molecule has 76 valence electrons. The third-order valence-corrected chi connectivity index (χ3v) is 1.81. The van der Waals surface area contributed by atoms with E-state index in [0.29, 0.717) is 12.0 Å². The summed E-state index contributed by atoms with van der Waals surface area (Å²) < 4.78 is 12.9. The molecule has 0 fully saturated rings. The van der Waals surface area contributed by atoms with E-state index in [-0.39, 0.29) is 5.83 Å². The standard InChI is InChI=1S/C10H10FN.C2H6/c1-7-3-9(6-12)8(2)5-10(11)4-7;1-2/h4-5H,3H2,1-2H3;1-2H3. The fraction of sp³-hybridized carbons (Fsp3) is 0.417. The van der Waals surface area contributed by atoms with Crippen molar-refractivity contribution in [2.75, 3.05) is 0 Å². The van der Waals surface area contributed by atoms with Crippen molar-refractivity contribution in [3.8, 4) is 6.07 Å². The summed E-state index contributed by atoms with van der Waals surface area (Å²) >= 11 is 0. The molecule has 0 heterocycles. The maximum absolute atomic E-state index is 12.9. The van der Waals surface area contributed by atoms with Gasteiger partial charge in [0.2, 0.25) is 0 Å². The maximum atomic E-state index is 12.9. The van der Waals surface area contributed by atoms with E-state index in [4.69, 9.17) is 5.26 Å². The summed E-state index contributed by atoms with van der Waals surface area (Å²) in [7, 11) is 0. The van der Waals surface area contributed by atoms with Crippen molar-refractivity contribution in [1.82, 2.24) is 0 Å². The minimum absolute atomic E-state index is 0.268. The summed E-state index contributed by atoms with van der Waals surface area (Å²) in [4.78, 5) is 0. The molecule has 0 unspecified atom stereocenters. The van der Waals surface area contributed by atoms with E-state index in [1.165, 1.54) is 12.2 Å². The highest BCUT2D eigenvalue weighted by Crippen LogP contribution is 2.22. The van der Waals surface area contributed by atoms with Gasteiger partial charge in [-0.15, -0.1) is 0 Å². The smallest absolute Gasteiger partial charge is 0.123 e. The van der Waals surface area contributed by atoms with Gasteiger partial charge in [0.25, 0.3) is 0 Å². The predicted octanol–water partition coefficient (Wildman–Crippen LogP) is 4.06. The quantitative estimate of drug-likeness (QED) is 0.569. The van der Waals surface area contributed by atoms with Crippen LogP contribution in [0, 0.1) is 11.3 Å². The van der Waals surface area contributed by atoms with Crippen molar-refractivity contribution in [2.24, 2.45) is 0 Å². The monoisotopic (exact) mass is 193 g/mol. The van der Waals surface area contributed by atoms with E-state index in [0.717, 1.165) is 11.1 Å². The molecule has 1 nitrogen and oxygen atoms in total. The first-order chi connectivity index (χ1) is 6.63. The molecule has 0 N–H and O–H groups in total. The van der Waals surface area contributed by atoms with Crippen LogP contribution in [-0.2, 0) is 0 Å². The summed E-state index contributed by atoms with van der Waals surface area (Å²) in [5.41, 5.74) is 2.26. The van der Waals surface area contributed by atoms with Gasteiger partial charge in [-0.05, 0) is 31.6 Å². The summed E-state index contributed by atoms with van der Waals surface area (Å²) in [6, 6.07) is 2.07. The van der Waals surface area contributed by atoms with Crippen molar-refractivity contribution in [2.45, 2.75) is 34.1 Å². The minimum atomic E-state index is -0.268. The number of hydrogen-bond acceptors (Lipinski definition) is 1. The number of allylic oxidation sites excluding steroid dienone is 6. The molecule has 1 aliphatic carbocycles. The van der Waals surface area contributed by atoms with E-state index in [1.807, 2.05) is 20.8 Å². The fourth-order valence-electron chi connectivity index (χ4n) is 1.17. The van der Waals surface area contributed by atoms with Crippen LogP contribution in [0.2, 0.25) is 0 Å². The van der Waals surface area contributed by atoms with Crippen LogP contribution in [-0.4, -0.2) is 0 Å². The topological polar surface area (TPSA) is 23.8 Å². The maximum Gasteiger partial charge on any atom is 0.123 e. The van der Waals surface area contributed by atoms with Crippen LogP contribution in [0.4, 0.5) is 4.39 Å². The molecule has 0 bridgehead atoms. The Morgan fingerprint density at radius 1 is 1.29 bits per heavy atom. The molecule has 0 aromatic heterocycles. The third-order valence-electron chi connectivity index (χ3n) is 1.81. The van der Waals surface area contributed by atoms with Crippen LogP contribution in [0.15, 0.2) is 34.7 Å². The van der Waals surface area contributed by atoms with Crippen molar-refractivity contribution in [3.63, 3.8) is 0 Å². The van der Waals surface area contributed by atoms with Gasteiger partial charge in [-0.25, -0.2) is 4.39 Å². The average Bonchev–Trinajstić information content (AvgIpc) is 2.27. The Kier molecular flexibility index (Phi) is 5.55. The Labute approximate surface area is 85.2 Å². The molecule has 0 aromatic carbocycles. The van der Waals surface area contributed by atoms with Gasteiger partial charge in [-0.2, -0.15) is 5.26 Å². The van der Waals surface area contributed by atoms with Crippen LogP contribution in [0.25, 0.3) is 0 Å². The lowest BCUT2D eigenvalue weighted by Gasteiger charge is -1.97. The largest absolute Gasteiger partial charge is 0.207 e. The summed E-state index contributed by atoms with van der Waals surface area (Å²) in [6.45, 7) is 7.58. The summed E-state index contributed by atoms with van der Waals surface area (Å²) in [5, 5.41) is 8.70. The predicted molar refractivity (Wildman–Crippen MR) is 57.2 cm³/mol. The van der Waals surface area contributed by atoms with Gasteiger partial charge in [0.05, 0.1) is 6.07 Å². The van der Waals surface area contributed by atoms with E-state index < -0.39 is 0 Å². The molecule has 0 saturated heterocycles. The zero-order valence-electron chi connectivity index (χ0n) is 9.19. The Balaban J connectivity index is 0.000000791. The zero-order chi connectivity index (χ0) is 11.1. The van der Waals surface area contributed by atoms with E-state index in [2.05, 4.69) is 6.07 Å². The molecule has 0 saturated carbocycles. The highest BCUT2D eigenvalue weighted by molar-refractivity contribution is 5.42. The molecule has 0 amide bonds. The van der Waals surface area contributed by atoms with Crippen LogP contribution in [0.3, 0.4) is 0 Å². The first-order valence-electron chi connectivity index (χ1n) is 4.77.